The first-order valence-corrected chi connectivity index (χ1v) is 8.33. The van der Waals surface area contributed by atoms with Gasteiger partial charge in [-0.1, -0.05) is 32.9 Å². The van der Waals surface area contributed by atoms with E-state index < -0.39 is 0 Å². The summed E-state index contributed by atoms with van der Waals surface area (Å²) in [5.74, 6) is -0.216. The number of hydrazine groups is 1. The molecule has 0 unspecified atom stereocenters. The van der Waals surface area contributed by atoms with E-state index in [1.54, 1.807) is 0 Å². The van der Waals surface area contributed by atoms with Gasteiger partial charge in [0.15, 0.2) is 5.11 Å². The maximum atomic E-state index is 12.1. The highest BCUT2D eigenvalue weighted by atomic mass is 32.1. The first kappa shape index (κ1) is 17.7. The molecule has 0 spiro atoms. The Bertz CT molecular complexity index is 546. The van der Waals surface area contributed by atoms with Gasteiger partial charge in [-0.2, -0.15) is 0 Å². The molecule has 0 radical (unpaired) electrons. The Kier molecular flexibility index (Phi) is 5.96. The largest absolute Gasteiger partial charge is 0.376 e. The van der Waals surface area contributed by atoms with Crippen LogP contribution in [0.3, 0.4) is 0 Å². The molecule has 1 amide bonds. The number of ether oxygens (including phenoxy) is 1. The fourth-order valence-electron chi connectivity index (χ4n) is 2.36. The summed E-state index contributed by atoms with van der Waals surface area (Å²) in [7, 11) is 0. The van der Waals surface area contributed by atoms with Crippen molar-refractivity contribution in [1.29, 1.82) is 0 Å². The molecule has 1 aliphatic rings. The van der Waals surface area contributed by atoms with Gasteiger partial charge in [0.25, 0.3) is 5.91 Å². The van der Waals surface area contributed by atoms with E-state index in [4.69, 9.17) is 17.0 Å². The summed E-state index contributed by atoms with van der Waals surface area (Å²) in [6.07, 6.45) is 2.34. The first-order valence-electron chi connectivity index (χ1n) is 7.92. The van der Waals surface area contributed by atoms with Gasteiger partial charge in [-0.25, -0.2) is 0 Å². The van der Waals surface area contributed by atoms with E-state index in [9.17, 15) is 4.79 Å². The van der Waals surface area contributed by atoms with E-state index in [1.165, 1.54) is 5.56 Å². The van der Waals surface area contributed by atoms with Crippen LogP contribution >= 0.6 is 12.2 Å². The highest BCUT2D eigenvalue weighted by Gasteiger charge is 2.16. The average molecular weight is 335 g/mol. The molecule has 5 nitrogen and oxygen atoms in total. The van der Waals surface area contributed by atoms with Crippen LogP contribution in [-0.4, -0.2) is 30.3 Å². The van der Waals surface area contributed by atoms with Crippen LogP contribution in [0, 0.1) is 0 Å². The molecule has 2 rings (SSSR count). The number of hydrogen-bond donors (Lipinski definition) is 3. The smallest absolute Gasteiger partial charge is 0.269 e. The van der Waals surface area contributed by atoms with Gasteiger partial charge in [-0.15, -0.1) is 0 Å². The maximum Gasteiger partial charge on any atom is 0.269 e. The zero-order valence-corrected chi connectivity index (χ0v) is 14.8. The van der Waals surface area contributed by atoms with Crippen molar-refractivity contribution in [1.82, 2.24) is 16.2 Å². The van der Waals surface area contributed by atoms with Crippen molar-refractivity contribution < 1.29 is 9.53 Å². The molecular formula is C17H25N3O2S. The third kappa shape index (κ3) is 5.48. The third-order valence-electron chi connectivity index (χ3n) is 3.82. The average Bonchev–Trinajstić information content (AvgIpc) is 3.03. The normalized spacial score (nSPS) is 17.6. The van der Waals surface area contributed by atoms with Gasteiger partial charge in [-0.05, 0) is 48.2 Å². The quantitative estimate of drug-likeness (QED) is 0.584. The van der Waals surface area contributed by atoms with Crippen molar-refractivity contribution in [2.45, 2.75) is 45.1 Å². The molecule has 1 aromatic carbocycles. The fraction of sp³-hybridized carbons (Fsp3) is 0.529. The second-order valence-electron chi connectivity index (χ2n) is 6.75. The molecule has 1 atom stereocenters. The summed E-state index contributed by atoms with van der Waals surface area (Å²) in [5, 5.41) is 3.43. The van der Waals surface area contributed by atoms with E-state index >= 15 is 0 Å². The summed E-state index contributed by atoms with van der Waals surface area (Å²) in [5.41, 5.74) is 7.17. The second kappa shape index (κ2) is 7.75. The lowest BCUT2D eigenvalue weighted by Crippen LogP contribution is -2.48. The van der Waals surface area contributed by atoms with Crippen molar-refractivity contribution in [2.24, 2.45) is 0 Å². The van der Waals surface area contributed by atoms with Crippen LogP contribution in [0.5, 0.6) is 0 Å². The van der Waals surface area contributed by atoms with E-state index in [2.05, 4.69) is 36.9 Å². The Morgan fingerprint density at radius 3 is 2.52 bits per heavy atom. The summed E-state index contributed by atoms with van der Waals surface area (Å²) in [6.45, 7) is 7.89. The molecule has 1 fully saturated rings. The van der Waals surface area contributed by atoms with Gasteiger partial charge in [-0.3, -0.25) is 15.6 Å². The van der Waals surface area contributed by atoms with E-state index in [0.717, 1.165) is 19.4 Å². The molecule has 1 heterocycles. The van der Waals surface area contributed by atoms with Gasteiger partial charge in [0, 0.05) is 18.7 Å². The Morgan fingerprint density at radius 1 is 1.26 bits per heavy atom. The van der Waals surface area contributed by atoms with Crippen molar-refractivity contribution in [3.63, 3.8) is 0 Å². The van der Waals surface area contributed by atoms with Crippen LogP contribution in [0.25, 0.3) is 0 Å². The summed E-state index contributed by atoms with van der Waals surface area (Å²) < 4.78 is 5.50. The van der Waals surface area contributed by atoms with Crippen molar-refractivity contribution >= 4 is 23.2 Å². The van der Waals surface area contributed by atoms with Crippen LogP contribution in [-0.2, 0) is 10.2 Å². The van der Waals surface area contributed by atoms with Crippen LogP contribution in [0.1, 0.15) is 49.5 Å². The second-order valence-corrected chi connectivity index (χ2v) is 7.16. The Morgan fingerprint density at radius 2 is 1.96 bits per heavy atom. The van der Waals surface area contributed by atoms with Gasteiger partial charge >= 0.3 is 0 Å². The molecule has 23 heavy (non-hydrogen) atoms. The van der Waals surface area contributed by atoms with Gasteiger partial charge in [0.05, 0.1) is 6.10 Å². The number of benzene rings is 1. The van der Waals surface area contributed by atoms with Gasteiger partial charge < -0.3 is 10.1 Å². The summed E-state index contributed by atoms with van der Waals surface area (Å²) in [4.78, 5) is 12.1. The van der Waals surface area contributed by atoms with Crippen LogP contribution in [0.4, 0.5) is 0 Å². The molecular weight excluding hydrogens is 310 g/mol. The molecule has 3 N–H and O–H groups in total. The molecule has 6 heteroatoms. The minimum atomic E-state index is -0.216. The van der Waals surface area contributed by atoms with Gasteiger partial charge in [0.1, 0.15) is 0 Å². The first-order chi connectivity index (χ1) is 10.9. The lowest BCUT2D eigenvalue weighted by atomic mass is 9.87. The van der Waals surface area contributed by atoms with Crippen LogP contribution in [0.2, 0.25) is 0 Å². The number of thiocarbonyl (C=S) groups is 1. The number of hydrogen-bond acceptors (Lipinski definition) is 3. The lowest BCUT2D eigenvalue weighted by Gasteiger charge is -2.19. The number of nitrogens with one attached hydrogen (secondary N) is 3. The Balaban J connectivity index is 1.76. The predicted octanol–water partition coefficient (Wildman–Crippen LogP) is 2.27. The van der Waals surface area contributed by atoms with Crippen LogP contribution < -0.4 is 16.2 Å². The molecule has 0 aromatic heterocycles. The Labute approximate surface area is 143 Å². The maximum absolute atomic E-state index is 12.1. The number of carbonyl (C=O) groups excluding carboxylic acids is 1. The summed E-state index contributed by atoms with van der Waals surface area (Å²) in [6, 6.07) is 7.59. The molecule has 1 aromatic rings. The molecule has 1 saturated heterocycles. The minimum Gasteiger partial charge on any atom is -0.376 e. The molecule has 1 aliphatic heterocycles. The number of carbonyl (C=O) groups is 1. The fourth-order valence-corrected chi connectivity index (χ4v) is 2.50. The topological polar surface area (TPSA) is 62.4 Å². The molecule has 0 bridgehead atoms. The zero-order chi connectivity index (χ0) is 16.9. The standard InChI is InChI=1S/C17H25N3O2S/c1-17(2,3)13-8-6-12(7-9-13)15(21)19-20-16(23)18-11-14-5-4-10-22-14/h6-9,14H,4-5,10-11H2,1-3H3,(H,19,21)(H2,18,20,23)/t14-/m0/s1. The third-order valence-corrected chi connectivity index (χ3v) is 4.06. The highest BCUT2D eigenvalue weighted by Crippen LogP contribution is 2.22. The van der Waals surface area contributed by atoms with Crippen molar-refractivity contribution in [2.75, 3.05) is 13.2 Å². The molecule has 0 aliphatic carbocycles. The summed E-state index contributed by atoms with van der Waals surface area (Å²) >= 11 is 5.13. The number of amides is 1. The van der Waals surface area contributed by atoms with Crippen LogP contribution in [0.15, 0.2) is 24.3 Å². The monoisotopic (exact) mass is 335 g/mol. The van der Waals surface area contributed by atoms with E-state index in [0.29, 0.717) is 17.2 Å². The predicted molar refractivity (Wildman–Crippen MR) is 95.3 cm³/mol. The molecule has 126 valence electrons. The Hall–Kier alpha value is -1.66. The highest BCUT2D eigenvalue weighted by molar-refractivity contribution is 7.80. The number of rotatable bonds is 3. The van der Waals surface area contributed by atoms with Crippen molar-refractivity contribution in [3.05, 3.63) is 35.4 Å². The van der Waals surface area contributed by atoms with E-state index in [-0.39, 0.29) is 17.4 Å². The van der Waals surface area contributed by atoms with Crippen molar-refractivity contribution in [3.8, 4) is 0 Å². The zero-order valence-electron chi connectivity index (χ0n) is 13.9. The SMILES string of the molecule is CC(C)(C)c1ccc(C(=O)NNC(=S)NC[C@@H]2CCCO2)cc1. The molecule has 0 saturated carbocycles. The van der Waals surface area contributed by atoms with Gasteiger partial charge in [0.2, 0.25) is 0 Å². The minimum absolute atomic E-state index is 0.0705. The lowest BCUT2D eigenvalue weighted by molar-refractivity contribution is 0.0943. The van der Waals surface area contributed by atoms with E-state index in [1.807, 2.05) is 24.3 Å².